The standard InChI is InChI=1S/C30H38N2O2.ClH/c1-29(2)22-14-8-10-16-24(22)31(5)26(29)18-13-19-27-30(3,4)23-15-9-11-17-25(23)32(27)21-12-6-7-20-28(33)34;/h8-11,13-19,23,25H,6-7,12,20-21H2,1-5H3;1H. The van der Waals surface area contributed by atoms with Crippen LogP contribution in [0.2, 0.25) is 0 Å². The molecule has 0 radical (unpaired) electrons. The van der Waals surface area contributed by atoms with Crippen molar-refractivity contribution in [2.45, 2.75) is 64.8 Å². The summed E-state index contributed by atoms with van der Waals surface area (Å²) in [6.07, 6.45) is 18.8. The van der Waals surface area contributed by atoms with E-state index in [1.807, 2.05) is 0 Å². The highest BCUT2D eigenvalue weighted by molar-refractivity contribution is 5.97. The molecule has 2 atom stereocenters. The molecular formula is C30H39ClN2O2. The van der Waals surface area contributed by atoms with Crippen LogP contribution in [-0.4, -0.2) is 41.0 Å². The van der Waals surface area contributed by atoms with Gasteiger partial charge in [0.15, 0.2) is 11.8 Å². The Balaban J connectivity index is 0.00000342. The number of para-hydroxylation sites is 1. The quantitative estimate of drug-likeness (QED) is 0.446. The van der Waals surface area contributed by atoms with Crippen LogP contribution in [0.15, 0.2) is 72.5 Å². The van der Waals surface area contributed by atoms with Crippen LogP contribution in [0, 0.1) is 11.3 Å². The summed E-state index contributed by atoms with van der Waals surface area (Å²) in [5, 5.41) is 8.94. The number of likely N-dealkylation sites (N-methyl/N-ethyl adjacent to an activating group) is 1. The highest BCUT2D eigenvalue weighted by atomic mass is 35.5. The molecular weight excluding hydrogens is 456 g/mol. The summed E-state index contributed by atoms with van der Waals surface area (Å²) in [6, 6.07) is 9.04. The first kappa shape index (κ1) is 27.0. The lowest BCUT2D eigenvalue weighted by Crippen LogP contribution is -3.00. The van der Waals surface area contributed by atoms with Gasteiger partial charge in [0.25, 0.3) is 0 Å². The Morgan fingerprint density at radius 3 is 2.51 bits per heavy atom. The van der Waals surface area contributed by atoms with Crippen LogP contribution in [0.25, 0.3) is 0 Å². The minimum atomic E-state index is -0.701. The van der Waals surface area contributed by atoms with Gasteiger partial charge in [0.2, 0.25) is 0 Å². The van der Waals surface area contributed by atoms with Crippen molar-refractivity contribution in [3.8, 4) is 0 Å². The summed E-state index contributed by atoms with van der Waals surface area (Å²) < 4.78 is 2.55. The van der Waals surface area contributed by atoms with Gasteiger partial charge in [-0.05, 0) is 50.5 Å². The molecule has 0 fully saturated rings. The summed E-state index contributed by atoms with van der Waals surface area (Å²) in [4.78, 5) is 13.2. The second-order valence-electron chi connectivity index (χ2n) is 10.9. The third-order valence-corrected chi connectivity index (χ3v) is 8.01. The van der Waals surface area contributed by atoms with Gasteiger partial charge in [0.05, 0.1) is 11.3 Å². The van der Waals surface area contributed by atoms with Crippen LogP contribution in [-0.2, 0) is 10.2 Å². The summed E-state index contributed by atoms with van der Waals surface area (Å²) in [6.45, 7) is 10.3. The van der Waals surface area contributed by atoms with E-state index < -0.39 is 5.97 Å². The maximum atomic E-state index is 10.9. The molecule has 2 aliphatic heterocycles. The molecule has 0 spiro atoms. The number of allylic oxidation sites excluding steroid dienone is 6. The SMILES string of the molecule is CN1C(=CC=CC2=[N+](CCCCCC(=O)O)C3C=CC=CC3C2(C)C)C(C)(C)c2ccccc21.[Cl-]. The van der Waals surface area contributed by atoms with E-state index in [0.717, 1.165) is 25.8 Å². The number of fused-ring (bicyclic) bond motifs is 2. The first-order valence-corrected chi connectivity index (χ1v) is 12.6. The van der Waals surface area contributed by atoms with Gasteiger partial charge in [-0.15, -0.1) is 0 Å². The summed E-state index contributed by atoms with van der Waals surface area (Å²) >= 11 is 0. The second kappa shape index (κ2) is 10.6. The van der Waals surface area contributed by atoms with Crippen molar-refractivity contribution in [3.05, 3.63) is 78.1 Å². The van der Waals surface area contributed by atoms with Crippen LogP contribution >= 0.6 is 0 Å². The number of carbonyl (C=O) groups is 1. The molecule has 1 aromatic rings. The molecule has 0 saturated carbocycles. The number of hydrogen-bond donors (Lipinski definition) is 1. The minimum absolute atomic E-state index is 0. The van der Waals surface area contributed by atoms with Crippen molar-refractivity contribution >= 4 is 17.4 Å². The minimum Gasteiger partial charge on any atom is -1.00 e. The second-order valence-corrected chi connectivity index (χ2v) is 10.9. The van der Waals surface area contributed by atoms with E-state index in [4.69, 9.17) is 5.11 Å². The maximum Gasteiger partial charge on any atom is 0.303 e. The van der Waals surface area contributed by atoms with E-state index in [0.29, 0.717) is 12.0 Å². The van der Waals surface area contributed by atoms with Gasteiger partial charge in [-0.1, -0.05) is 56.4 Å². The average Bonchev–Trinajstić information content (AvgIpc) is 3.13. The molecule has 0 amide bonds. The van der Waals surface area contributed by atoms with Gasteiger partial charge in [0, 0.05) is 42.8 Å². The molecule has 2 unspecified atom stereocenters. The molecule has 1 aliphatic carbocycles. The Hall–Kier alpha value is -2.59. The van der Waals surface area contributed by atoms with E-state index in [9.17, 15) is 4.79 Å². The highest BCUT2D eigenvalue weighted by Crippen LogP contribution is 2.47. The molecule has 0 bridgehead atoms. The van der Waals surface area contributed by atoms with Gasteiger partial charge < -0.3 is 22.4 Å². The van der Waals surface area contributed by atoms with Crippen LogP contribution < -0.4 is 17.3 Å². The normalized spacial score (nSPS) is 24.7. The van der Waals surface area contributed by atoms with Gasteiger partial charge in [-0.25, -0.2) is 4.58 Å². The average molecular weight is 495 g/mol. The number of aliphatic carboxylic acids is 1. The number of rotatable bonds is 8. The Morgan fingerprint density at radius 2 is 1.80 bits per heavy atom. The zero-order chi connectivity index (χ0) is 24.5. The molecule has 0 saturated heterocycles. The number of halogens is 1. The number of nitrogens with zero attached hydrogens (tertiary/aromatic N) is 2. The number of anilines is 1. The zero-order valence-electron chi connectivity index (χ0n) is 21.7. The summed E-state index contributed by atoms with van der Waals surface area (Å²) in [7, 11) is 2.16. The third kappa shape index (κ3) is 5.04. The van der Waals surface area contributed by atoms with Gasteiger partial charge >= 0.3 is 5.97 Å². The van der Waals surface area contributed by atoms with Crippen molar-refractivity contribution in [3.63, 3.8) is 0 Å². The molecule has 1 aromatic carbocycles. The fourth-order valence-corrected chi connectivity index (χ4v) is 6.11. The fraction of sp³-hybridized carbons (Fsp3) is 0.467. The van der Waals surface area contributed by atoms with Gasteiger partial charge in [-0.3, -0.25) is 4.79 Å². The largest absolute Gasteiger partial charge is 1.00 e. The smallest absolute Gasteiger partial charge is 0.303 e. The number of carboxylic acids is 1. The first-order valence-electron chi connectivity index (χ1n) is 12.6. The molecule has 4 nitrogen and oxygen atoms in total. The highest BCUT2D eigenvalue weighted by Gasteiger charge is 2.52. The van der Waals surface area contributed by atoms with E-state index in [-0.39, 0.29) is 29.7 Å². The van der Waals surface area contributed by atoms with Crippen LogP contribution in [0.5, 0.6) is 0 Å². The third-order valence-electron chi connectivity index (χ3n) is 8.01. The maximum absolute atomic E-state index is 10.9. The fourth-order valence-electron chi connectivity index (χ4n) is 6.11. The van der Waals surface area contributed by atoms with E-state index in [2.05, 4.69) is 111 Å². The van der Waals surface area contributed by atoms with Crippen LogP contribution in [0.4, 0.5) is 5.69 Å². The lowest BCUT2D eigenvalue weighted by molar-refractivity contribution is -0.550. The molecule has 5 heteroatoms. The van der Waals surface area contributed by atoms with Crippen molar-refractivity contribution in [1.29, 1.82) is 0 Å². The lowest BCUT2D eigenvalue weighted by atomic mass is 9.73. The number of benzene rings is 1. The van der Waals surface area contributed by atoms with Crippen molar-refractivity contribution in [2.24, 2.45) is 11.3 Å². The Kier molecular flexibility index (Phi) is 8.16. The predicted octanol–water partition coefficient (Wildman–Crippen LogP) is 3.11. The topological polar surface area (TPSA) is 43.5 Å². The molecule has 35 heavy (non-hydrogen) atoms. The molecule has 1 N–H and O–H groups in total. The first-order chi connectivity index (χ1) is 16.2. The lowest BCUT2D eigenvalue weighted by Gasteiger charge is -2.24. The Labute approximate surface area is 216 Å². The number of carboxylic acid groups (broad SMARTS) is 1. The Bertz CT molecular complexity index is 1110. The van der Waals surface area contributed by atoms with Crippen LogP contribution in [0.1, 0.15) is 58.9 Å². The van der Waals surface area contributed by atoms with Crippen LogP contribution in [0.3, 0.4) is 0 Å². The molecule has 188 valence electrons. The molecule has 3 aliphatic rings. The summed E-state index contributed by atoms with van der Waals surface area (Å²) in [5.41, 5.74) is 5.32. The van der Waals surface area contributed by atoms with E-state index in [1.165, 1.54) is 22.7 Å². The zero-order valence-corrected chi connectivity index (χ0v) is 22.4. The Morgan fingerprint density at radius 1 is 1.09 bits per heavy atom. The van der Waals surface area contributed by atoms with E-state index >= 15 is 0 Å². The predicted molar refractivity (Wildman–Crippen MR) is 141 cm³/mol. The number of unbranched alkanes of at least 4 members (excludes halogenated alkanes) is 2. The van der Waals surface area contributed by atoms with Crippen molar-refractivity contribution in [1.82, 2.24) is 0 Å². The van der Waals surface area contributed by atoms with Gasteiger partial charge in [-0.2, -0.15) is 0 Å². The molecule has 0 aromatic heterocycles. The van der Waals surface area contributed by atoms with E-state index in [1.54, 1.807) is 0 Å². The number of hydrogen-bond acceptors (Lipinski definition) is 2. The van der Waals surface area contributed by atoms with Gasteiger partial charge in [0.1, 0.15) is 6.54 Å². The molecule has 4 rings (SSSR count). The van der Waals surface area contributed by atoms with Crippen molar-refractivity contribution < 1.29 is 26.9 Å². The molecule has 2 heterocycles. The van der Waals surface area contributed by atoms with Crippen molar-refractivity contribution in [2.75, 3.05) is 18.5 Å². The summed E-state index contributed by atoms with van der Waals surface area (Å²) in [5.74, 6) is -0.258. The monoisotopic (exact) mass is 494 g/mol.